The lowest BCUT2D eigenvalue weighted by Gasteiger charge is -2.17. The van der Waals surface area contributed by atoms with E-state index in [2.05, 4.69) is 12.0 Å². The normalized spacial score (nSPS) is 14.8. The molecule has 0 saturated carbocycles. The van der Waals surface area contributed by atoms with Crippen molar-refractivity contribution in [2.45, 2.75) is 19.4 Å². The fraction of sp³-hybridized carbons (Fsp3) is 0.727. The van der Waals surface area contributed by atoms with Crippen LogP contribution < -0.4 is 10.5 Å². The van der Waals surface area contributed by atoms with Crippen LogP contribution in [0.3, 0.4) is 0 Å². The van der Waals surface area contributed by atoms with E-state index in [1.54, 1.807) is 25.1 Å². The van der Waals surface area contributed by atoms with Crippen molar-refractivity contribution < 1.29 is 9.47 Å². The molecule has 2 unspecified atom stereocenters. The molecule has 92 valence electrons. The molecular formula is C11H21N3O2. The zero-order valence-corrected chi connectivity index (χ0v) is 10.4. The quantitative estimate of drug-likeness (QED) is 0.790. The van der Waals surface area contributed by atoms with Gasteiger partial charge in [-0.1, -0.05) is 6.92 Å². The Labute approximate surface area is 96.5 Å². The molecule has 2 atom stereocenters. The molecule has 0 bridgehead atoms. The number of nitrogens with zero attached hydrogens (tertiary/aromatic N) is 2. The van der Waals surface area contributed by atoms with E-state index in [1.807, 2.05) is 7.05 Å². The third kappa shape index (κ3) is 2.96. The van der Waals surface area contributed by atoms with Crippen molar-refractivity contribution in [3.63, 3.8) is 0 Å². The van der Waals surface area contributed by atoms with Crippen LogP contribution in [0.2, 0.25) is 0 Å². The SMILES string of the molecule is COCC(C)CC(N)c1c(OC)cnn1C. The molecule has 0 fully saturated rings. The molecule has 0 aromatic carbocycles. The fourth-order valence-electron chi connectivity index (χ4n) is 1.90. The zero-order valence-electron chi connectivity index (χ0n) is 10.4. The first kappa shape index (κ1) is 13.0. The topological polar surface area (TPSA) is 62.3 Å². The number of aromatic nitrogens is 2. The molecule has 0 spiro atoms. The summed E-state index contributed by atoms with van der Waals surface area (Å²) in [5.41, 5.74) is 7.09. The van der Waals surface area contributed by atoms with Gasteiger partial charge < -0.3 is 15.2 Å². The van der Waals surface area contributed by atoms with Gasteiger partial charge >= 0.3 is 0 Å². The largest absolute Gasteiger partial charge is 0.493 e. The summed E-state index contributed by atoms with van der Waals surface area (Å²) in [6.07, 6.45) is 2.54. The lowest BCUT2D eigenvalue weighted by molar-refractivity contribution is 0.151. The van der Waals surface area contributed by atoms with Crippen molar-refractivity contribution in [3.05, 3.63) is 11.9 Å². The molecule has 1 rings (SSSR count). The number of hydrogen-bond donors (Lipinski definition) is 1. The Balaban J connectivity index is 2.71. The highest BCUT2D eigenvalue weighted by Crippen LogP contribution is 2.26. The monoisotopic (exact) mass is 227 g/mol. The van der Waals surface area contributed by atoms with Crippen molar-refractivity contribution in [3.8, 4) is 5.75 Å². The van der Waals surface area contributed by atoms with E-state index in [9.17, 15) is 0 Å². The summed E-state index contributed by atoms with van der Waals surface area (Å²) in [6.45, 7) is 2.83. The molecule has 2 N–H and O–H groups in total. The number of nitrogens with two attached hydrogens (primary N) is 1. The third-order valence-electron chi connectivity index (χ3n) is 2.63. The second-order valence-corrected chi connectivity index (χ2v) is 4.12. The summed E-state index contributed by atoms with van der Waals surface area (Å²) >= 11 is 0. The van der Waals surface area contributed by atoms with Crippen LogP contribution in [0.15, 0.2) is 6.20 Å². The molecule has 16 heavy (non-hydrogen) atoms. The van der Waals surface area contributed by atoms with Crippen LogP contribution in [0.4, 0.5) is 0 Å². The average molecular weight is 227 g/mol. The number of methoxy groups -OCH3 is 2. The average Bonchev–Trinajstić information content (AvgIpc) is 2.59. The molecule has 1 aromatic rings. The van der Waals surface area contributed by atoms with Gasteiger partial charge in [0.15, 0.2) is 5.75 Å². The van der Waals surface area contributed by atoms with Crippen LogP contribution in [0.1, 0.15) is 25.1 Å². The van der Waals surface area contributed by atoms with Crippen LogP contribution in [-0.2, 0) is 11.8 Å². The minimum absolute atomic E-state index is 0.0763. The minimum Gasteiger partial charge on any atom is -0.493 e. The first-order valence-corrected chi connectivity index (χ1v) is 5.40. The second kappa shape index (κ2) is 5.86. The molecular weight excluding hydrogens is 206 g/mol. The van der Waals surface area contributed by atoms with E-state index in [4.69, 9.17) is 15.2 Å². The molecule has 0 amide bonds. The van der Waals surface area contributed by atoms with Gasteiger partial charge in [0.05, 0.1) is 25.0 Å². The highest BCUT2D eigenvalue weighted by atomic mass is 16.5. The van der Waals surface area contributed by atoms with Gasteiger partial charge in [0.1, 0.15) is 0 Å². The first-order valence-electron chi connectivity index (χ1n) is 5.40. The van der Waals surface area contributed by atoms with E-state index < -0.39 is 0 Å². The Morgan fingerprint density at radius 1 is 1.50 bits per heavy atom. The molecule has 0 aliphatic rings. The van der Waals surface area contributed by atoms with Crippen LogP contribution in [0.25, 0.3) is 0 Å². The van der Waals surface area contributed by atoms with Gasteiger partial charge in [-0.3, -0.25) is 4.68 Å². The molecule has 1 heterocycles. The number of aryl methyl sites for hydroxylation is 1. The van der Waals surface area contributed by atoms with E-state index in [-0.39, 0.29) is 6.04 Å². The maximum Gasteiger partial charge on any atom is 0.161 e. The van der Waals surface area contributed by atoms with Crippen molar-refractivity contribution in [1.29, 1.82) is 0 Å². The minimum atomic E-state index is -0.0763. The summed E-state index contributed by atoms with van der Waals surface area (Å²) in [6, 6.07) is -0.0763. The molecule has 0 aliphatic heterocycles. The molecule has 1 aromatic heterocycles. The standard InChI is InChI=1S/C11H21N3O2/c1-8(7-15-3)5-9(12)11-10(16-4)6-13-14(11)2/h6,8-9H,5,7,12H2,1-4H3. The number of hydrogen-bond acceptors (Lipinski definition) is 4. The van der Waals surface area contributed by atoms with Crippen molar-refractivity contribution in [2.24, 2.45) is 18.7 Å². The third-order valence-corrected chi connectivity index (χ3v) is 2.63. The Morgan fingerprint density at radius 2 is 2.19 bits per heavy atom. The van der Waals surface area contributed by atoms with Crippen LogP contribution in [0.5, 0.6) is 5.75 Å². The molecule has 5 heteroatoms. The maximum atomic E-state index is 6.15. The Bertz CT molecular complexity index is 325. The first-order chi connectivity index (χ1) is 7.60. The summed E-state index contributed by atoms with van der Waals surface area (Å²) < 4.78 is 12.1. The van der Waals surface area contributed by atoms with Crippen LogP contribution in [0, 0.1) is 5.92 Å². The Kier molecular flexibility index (Phi) is 4.76. The van der Waals surface area contributed by atoms with Crippen molar-refractivity contribution in [2.75, 3.05) is 20.8 Å². The fourth-order valence-corrected chi connectivity index (χ4v) is 1.90. The Hall–Kier alpha value is -1.07. The van der Waals surface area contributed by atoms with Crippen molar-refractivity contribution in [1.82, 2.24) is 9.78 Å². The number of rotatable bonds is 6. The summed E-state index contributed by atoms with van der Waals surface area (Å²) in [4.78, 5) is 0. The van der Waals surface area contributed by atoms with Gasteiger partial charge in [0.25, 0.3) is 0 Å². The van der Waals surface area contributed by atoms with Gasteiger partial charge in [-0.2, -0.15) is 5.10 Å². The lowest BCUT2D eigenvalue weighted by atomic mass is 10.0. The van der Waals surface area contributed by atoms with Gasteiger partial charge in [-0.15, -0.1) is 0 Å². The number of ether oxygens (including phenoxy) is 2. The molecule has 0 aliphatic carbocycles. The van der Waals surface area contributed by atoms with E-state index in [0.717, 1.165) is 17.9 Å². The van der Waals surface area contributed by atoms with E-state index in [1.165, 1.54) is 0 Å². The predicted molar refractivity (Wildman–Crippen MR) is 62.3 cm³/mol. The predicted octanol–water partition coefficient (Wildman–Crippen LogP) is 1.10. The van der Waals surface area contributed by atoms with Gasteiger partial charge in [0.2, 0.25) is 0 Å². The molecule has 5 nitrogen and oxygen atoms in total. The molecule has 0 saturated heterocycles. The zero-order chi connectivity index (χ0) is 12.1. The van der Waals surface area contributed by atoms with Gasteiger partial charge in [-0.25, -0.2) is 0 Å². The van der Waals surface area contributed by atoms with Gasteiger partial charge in [-0.05, 0) is 12.3 Å². The molecule has 0 radical (unpaired) electrons. The van der Waals surface area contributed by atoms with Crippen LogP contribution >= 0.6 is 0 Å². The maximum absolute atomic E-state index is 6.15. The van der Waals surface area contributed by atoms with Crippen LogP contribution in [-0.4, -0.2) is 30.6 Å². The highest BCUT2D eigenvalue weighted by molar-refractivity contribution is 5.27. The van der Waals surface area contributed by atoms with Gasteiger partial charge in [0, 0.05) is 20.8 Å². The van der Waals surface area contributed by atoms with E-state index >= 15 is 0 Å². The van der Waals surface area contributed by atoms with Crippen molar-refractivity contribution >= 4 is 0 Å². The van der Waals surface area contributed by atoms with E-state index in [0.29, 0.717) is 12.5 Å². The second-order valence-electron chi connectivity index (χ2n) is 4.12. The smallest absolute Gasteiger partial charge is 0.161 e. The highest BCUT2D eigenvalue weighted by Gasteiger charge is 2.19. The summed E-state index contributed by atoms with van der Waals surface area (Å²) in [7, 11) is 5.21. The Morgan fingerprint density at radius 3 is 2.75 bits per heavy atom. The summed E-state index contributed by atoms with van der Waals surface area (Å²) in [5, 5.41) is 4.14. The lowest BCUT2D eigenvalue weighted by Crippen LogP contribution is -2.20. The summed E-state index contributed by atoms with van der Waals surface area (Å²) in [5.74, 6) is 1.17.